The van der Waals surface area contributed by atoms with E-state index >= 15 is 0 Å². The Balaban J connectivity index is 2.26. The standard InChI is InChI=1S/C25H30N/c1-16(2)22-14-25(26(7)15-20(22)6)24-13-23(18(4)12-19(24)5)21-11-9-8-10-17(21)3/h8-16H,1-7H3/q+1. The van der Waals surface area contributed by atoms with Gasteiger partial charge in [0.05, 0.1) is 0 Å². The first-order valence-electron chi connectivity index (χ1n) is 9.47. The van der Waals surface area contributed by atoms with Gasteiger partial charge in [0.25, 0.3) is 0 Å². The molecule has 0 bridgehead atoms. The predicted molar refractivity (Wildman–Crippen MR) is 112 cm³/mol. The van der Waals surface area contributed by atoms with Crippen molar-refractivity contribution in [2.24, 2.45) is 7.05 Å². The van der Waals surface area contributed by atoms with Crippen molar-refractivity contribution in [2.45, 2.75) is 47.5 Å². The Bertz CT molecular complexity index is 964. The summed E-state index contributed by atoms with van der Waals surface area (Å²) in [6.45, 7) is 13.4. The molecule has 1 heteroatoms. The van der Waals surface area contributed by atoms with Crippen LogP contribution in [0.1, 0.15) is 47.6 Å². The summed E-state index contributed by atoms with van der Waals surface area (Å²) in [6.07, 6.45) is 2.26. The number of benzene rings is 2. The molecule has 0 spiro atoms. The van der Waals surface area contributed by atoms with E-state index in [0.717, 1.165) is 0 Å². The van der Waals surface area contributed by atoms with E-state index in [-0.39, 0.29) is 0 Å². The van der Waals surface area contributed by atoms with Crippen molar-refractivity contribution in [3.8, 4) is 22.4 Å². The zero-order valence-electron chi connectivity index (χ0n) is 17.1. The van der Waals surface area contributed by atoms with Crippen LogP contribution in [0, 0.1) is 27.7 Å². The monoisotopic (exact) mass is 344 g/mol. The third kappa shape index (κ3) is 3.31. The first-order chi connectivity index (χ1) is 12.3. The molecular weight excluding hydrogens is 314 g/mol. The number of rotatable bonds is 3. The van der Waals surface area contributed by atoms with Gasteiger partial charge in [0, 0.05) is 17.2 Å². The zero-order chi connectivity index (χ0) is 19.0. The van der Waals surface area contributed by atoms with Gasteiger partial charge in [0.1, 0.15) is 7.05 Å². The van der Waals surface area contributed by atoms with Gasteiger partial charge in [0.15, 0.2) is 6.20 Å². The molecule has 0 fully saturated rings. The van der Waals surface area contributed by atoms with Gasteiger partial charge in [-0.2, -0.15) is 0 Å². The molecule has 1 aromatic heterocycles. The van der Waals surface area contributed by atoms with Gasteiger partial charge in [-0.05, 0) is 73.1 Å². The molecule has 0 aliphatic carbocycles. The first-order valence-corrected chi connectivity index (χ1v) is 9.47. The summed E-state index contributed by atoms with van der Waals surface area (Å²) in [4.78, 5) is 0. The van der Waals surface area contributed by atoms with E-state index < -0.39 is 0 Å². The lowest BCUT2D eigenvalue weighted by Gasteiger charge is -2.15. The number of aryl methyl sites for hydroxylation is 5. The van der Waals surface area contributed by atoms with Crippen LogP contribution in [0.5, 0.6) is 0 Å². The second-order valence-electron chi connectivity index (χ2n) is 7.86. The fourth-order valence-corrected chi connectivity index (χ4v) is 3.98. The highest BCUT2D eigenvalue weighted by molar-refractivity contribution is 5.77. The minimum Gasteiger partial charge on any atom is -0.201 e. The molecule has 2 aromatic carbocycles. The predicted octanol–water partition coefficient (Wildman–Crippen LogP) is 6.20. The van der Waals surface area contributed by atoms with E-state index in [9.17, 15) is 0 Å². The van der Waals surface area contributed by atoms with E-state index in [4.69, 9.17) is 0 Å². The van der Waals surface area contributed by atoms with E-state index in [1.54, 1.807) is 0 Å². The molecule has 134 valence electrons. The van der Waals surface area contributed by atoms with Crippen LogP contribution >= 0.6 is 0 Å². The minimum absolute atomic E-state index is 0.525. The molecule has 1 heterocycles. The molecule has 26 heavy (non-hydrogen) atoms. The fraction of sp³-hybridized carbons (Fsp3) is 0.320. The summed E-state index contributed by atoms with van der Waals surface area (Å²) in [6, 6.07) is 15.7. The largest absolute Gasteiger partial charge is 0.212 e. The molecule has 0 N–H and O–H groups in total. The number of hydrogen-bond acceptors (Lipinski definition) is 0. The Kier molecular flexibility index (Phi) is 5.00. The molecule has 0 atom stereocenters. The first kappa shape index (κ1) is 18.4. The second kappa shape index (κ2) is 7.07. The molecule has 0 saturated heterocycles. The highest BCUT2D eigenvalue weighted by atomic mass is 14.9. The molecule has 0 unspecified atom stereocenters. The quantitative estimate of drug-likeness (QED) is 0.498. The lowest BCUT2D eigenvalue weighted by molar-refractivity contribution is -0.660. The van der Waals surface area contributed by atoms with Crippen molar-refractivity contribution < 1.29 is 4.57 Å². The summed E-state index contributed by atoms with van der Waals surface area (Å²) in [7, 11) is 2.15. The van der Waals surface area contributed by atoms with Crippen molar-refractivity contribution in [3.05, 3.63) is 76.5 Å². The summed E-state index contributed by atoms with van der Waals surface area (Å²) in [5, 5.41) is 0. The number of nitrogens with zero attached hydrogens (tertiary/aromatic N) is 1. The molecule has 3 aromatic rings. The van der Waals surface area contributed by atoms with Crippen LogP contribution in [0.3, 0.4) is 0 Å². The molecule has 0 saturated carbocycles. The zero-order valence-corrected chi connectivity index (χ0v) is 17.1. The average molecular weight is 345 g/mol. The normalized spacial score (nSPS) is 11.2. The van der Waals surface area contributed by atoms with Crippen molar-refractivity contribution >= 4 is 0 Å². The third-order valence-electron chi connectivity index (χ3n) is 5.42. The molecular formula is C25H30N+. The minimum atomic E-state index is 0.525. The van der Waals surface area contributed by atoms with Crippen LogP contribution < -0.4 is 4.57 Å². The van der Waals surface area contributed by atoms with E-state index in [1.807, 2.05) is 0 Å². The van der Waals surface area contributed by atoms with Gasteiger partial charge >= 0.3 is 0 Å². The van der Waals surface area contributed by atoms with Crippen LogP contribution in [-0.4, -0.2) is 0 Å². The van der Waals surface area contributed by atoms with Crippen LogP contribution in [0.15, 0.2) is 48.7 Å². The van der Waals surface area contributed by atoms with Crippen LogP contribution in [-0.2, 0) is 7.05 Å². The Morgan fingerprint density at radius 3 is 2.00 bits per heavy atom. The SMILES string of the molecule is Cc1ccccc1-c1cc(-c2cc(C(C)C)c(C)c[n+]2C)c(C)cc1C. The Morgan fingerprint density at radius 1 is 0.692 bits per heavy atom. The third-order valence-corrected chi connectivity index (χ3v) is 5.42. The van der Waals surface area contributed by atoms with Gasteiger partial charge < -0.3 is 0 Å². The van der Waals surface area contributed by atoms with E-state index in [0.29, 0.717) is 5.92 Å². The maximum absolute atomic E-state index is 2.38. The van der Waals surface area contributed by atoms with Crippen LogP contribution in [0.25, 0.3) is 22.4 Å². The Morgan fingerprint density at radius 2 is 1.35 bits per heavy atom. The number of aromatic nitrogens is 1. The summed E-state index contributed by atoms with van der Waals surface area (Å²) in [5.41, 5.74) is 12.0. The van der Waals surface area contributed by atoms with Crippen LogP contribution in [0.2, 0.25) is 0 Å². The maximum Gasteiger partial charge on any atom is 0.212 e. The van der Waals surface area contributed by atoms with Gasteiger partial charge in [-0.1, -0.05) is 44.2 Å². The van der Waals surface area contributed by atoms with E-state index in [2.05, 4.69) is 102 Å². The Labute approximate surface area is 158 Å². The van der Waals surface area contributed by atoms with Gasteiger partial charge in [-0.15, -0.1) is 0 Å². The molecule has 0 aliphatic rings. The molecule has 0 aliphatic heterocycles. The number of hydrogen-bond donors (Lipinski definition) is 0. The molecule has 1 nitrogen and oxygen atoms in total. The van der Waals surface area contributed by atoms with Crippen molar-refractivity contribution in [1.29, 1.82) is 0 Å². The van der Waals surface area contributed by atoms with E-state index in [1.165, 1.54) is 50.2 Å². The molecule has 0 radical (unpaired) electrons. The molecule has 3 rings (SSSR count). The van der Waals surface area contributed by atoms with Crippen LogP contribution in [0.4, 0.5) is 0 Å². The smallest absolute Gasteiger partial charge is 0.201 e. The maximum atomic E-state index is 2.38. The highest BCUT2D eigenvalue weighted by Gasteiger charge is 2.19. The topological polar surface area (TPSA) is 3.88 Å². The highest BCUT2D eigenvalue weighted by Crippen LogP contribution is 2.33. The number of pyridine rings is 1. The van der Waals surface area contributed by atoms with Gasteiger partial charge in [-0.25, -0.2) is 4.57 Å². The lowest BCUT2D eigenvalue weighted by Crippen LogP contribution is -2.32. The van der Waals surface area contributed by atoms with Crippen molar-refractivity contribution in [3.63, 3.8) is 0 Å². The summed E-state index contributed by atoms with van der Waals surface area (Å²) >= 11 is 0. The van der Waals surface area contributed by atoms with Crippen molar-refractivity contribution in [2.75, 3.05) is 0 Å². The molecule has 0 amide bonds. The van der Waals surface area contributed by atoms with Gasteiger partial charge in [-0.3, -0.25) is 0 Å². The lowest BCUT2D eigenvalue weighted by atomic mass is 9.90. The second-order valence-corrected chi connectivity index (χ2v) is 7.86. The Hall–Kier alpha value is -2.41. The fourth-order valence-electron chi connectivity index (χ4n) is 3.98. The summed E-state index contributed by atoms with van der Waals surface area (Å²) < 4.78 is 2.26. The van der Waals surface area contributed by atoms with Crippen molar-refractivity contribution in [1.82, 2.24) is 0 Å². The van der Waals surface area contributed by atoms with Gasteiger partial charge in [0.2, 0.25) is 5.69 Å². The average Bonchev–Trinajstić information content (AvgIpc) is 2.56. The summed E-state index contributed by atoms with van der Waals surface area (Å²) in [5.74, 6) is 0.525.